The van der Waals surface area contributed by atoms with Crippen LogP contribution in [0.1, 0.15) is 5.56 Å². The van der Waals surface area contributed by atoms with E-state index in [9.17, 15) is 12.8 Å². The smallest absolute Gasteiger partial charge is 0.240 e. The van der Waals surface area contributed by atoms with Gasteiger partial charge in [0.2, 0.25) is 10.0 Å². The van der Waals surface area contributed by atoms with Crippen LogP contribution in [-0.4, -0.2) is 15.5 Å². The molecule has 0 radical (unpaired) electrons. The monoisotopic (exact) mass is 329 g/mol. The number of methoxy groups -OCH3 is 1. The Morgan fingerprint density at radius 3 is 2.62 bits per heavy atom. The van der Waals surface area contributed by atoms with Crippen molar-refractivity contribution in [3.05, 3.63) is 58.9 Å². The van der Waals surface area contributed by atoms with Gasteiger partial charge in [-0.3, -0.25) is 0 Å². The van der Waals surface area contributed by atoms with Gasteiger partial charge < -0.3 is 4.74 Å². The summed E-state index contributed by atoms with van der Waals surface area (Å²) in [4.78, 5) is -0.0937. The summed E-state index contributed by atoms with van der Waals surface area (Å²) in [6, 6.07) is 10.3. The van der Waals surface area contributed by atoms with Crippen molar-refractivity contribution in [3.8, 4) is 5.75 Å². The second-order valence-electron chi connectivity index (χ2n) is 4.21. The molecule has 2 rings (SSSR count). The van der Waals surface area contributed by atoms with E-state index in [4.69, 9.17) is 16.3 Å². The molecule has 0 bridgehead atoms. The van der Waals surface area contributed by atoms with Crippen molar-refractivity contribution >= 4 is 21.6 Å². The van der Waals surface area contributed by atoms with Crippen molar-refractivity contribution in [2.24, 2.45) is 0 Å². The fraction of sp³-hybridized carbons (Fsp3) is 0.143. The van der Waals surface area contributed by atoms with E-state index in [0.717, 1.165) is 18.2 Å². The molecule has 0 saturated heterocycles. The quantitative estimate of drug-likeness (QED) is 0.917. The fourth-order valence-electron chi connectivity index (χ4n) is 1.75. The van der Waals surface area contributed by atoms with E-state index in [1.54, 1.807) is 24.3 Å². The van der Waals surface area contributed by atoms with Crippen LogP contribution < -0.4 is 9.46 Å². The second-order valence-corrected chi connectivity index (χ2v) is 6.39. The number of sulfonamides is 1. The highest BCUT2D eigenvalue weighted by Gasteiger charge is 2.16. The number of nitrogens with one attached hydrogen (secondary N) is 1. The van der Waals surface area contributed by atoms with Gasteiger partial charge in [-0.1, -0.05) is 29.8 Å². The van der Waals surface area contributed by atoms with Crippen molar-refractivity contribution in [2.45, 2.75) is 11.4 Å². The summed E-state index contributed by atoms with van der Waals surface area (Å²) in [6.45, 7) is 0.0569. The molecule has 4 nitrogen and oxygen atoms in total. The van der Waals surface area contributed by atoms with E-state index in [2.05, 4.69) is 4.72 Å². The van der Waals surface area contributed by atoms with Crippen LogP contribution in [0.5, 0.6) is 5.75 Å². The Kier molecular flexibility index (Phi) is 4.82. The number of hydrogen-bond donors (Lipinski definition) is 1. The molecule has 21 heavy (non-hydrogen) atoms. The molecule has 0 aromatic heterocycles. The Hall–Kier alpha value is -1.63. The van der Waals surface area contributed by atoms with E-state index >= 15 is 0 Å². The molecule has 0 aliphatic heterocycles. The van der Waals surface area contributed by atoms with E-state index in [-0.39, 0.29) is 16.5 Å². The number of rotatable bonds is 5. The normalized spacial score (nSPS) is 11.4. The molecule has 2 aromatic rings. The third kappa shape index (κ3) is 3.72. The minimum absolute atomic E-state index is 0.0569. The van der Waals surface area contributed by atoms with E-state index < -0.39 is 15.8 Å². The minimum Gasteiger partial charge on any atom is -0.496 e. The molecule has 0 fully saturated rings. The lowest BCUT2D eigenvalue weighted by atomic mass is 10.2. The van der Waals surface area contributed by atoms with Gasteiger partial charge in [-0.15, -0.1) is 0 Å². The van der Waals surface area contributed by atoms with Crippen LogP contribution >= 0.6 is 11.6 Å². The highest BCUT2D eigenvalue weighted by Crippen LogP contribution is 2.21. The molecule has 0 saturated carbocycles. The Bertz CT molecular complexity index is 750. The highest BCUT2D eigenvalue weighted by atomic mass is 35.5. The van der Waals surface area contributed by atoms with Gasteiger partial charge in [0.1, 0.15) is 11.6 Å². The number of ether oxygens (including phenoxy) is 1. The number of hydrogen-bond acceptors (Lipinski definition) is 3. The molecule has 0 heterocycles. The zero-order valence-electron chi connectivity index (χ0n) is 11.1. The highest BCUT2D eigenvalue weighted by molar-refractivity contribution is 7.89. The standard InChI is InChI=1S/C14H13ClFNO3S/c1-20-14-5-3-2-4-10(14)9-17-21(18,19)11-6-7-13(16)12(15)8-11/h2-8,17H,9H2,1H3. The first-order valence-corrected chi connectivity index (χ1v) is 7.87. The maximum absolute atomic E-state index is 13.1. The van der Waals surface area contributed by atoms with Crippen molar-refractivity contribution in [1.29, 1.82) is 0 Å². The average Bonchev–Trinajstić information content (AvgIpc) is 2.48. The van der Waals surface area contributed by atoms with E-state index in [1.807, 2.05) is 0 Å². The van der Waals surface area contributed by atoms with Crippen LogP contribution in [0.2, 0.25) is 5.02 Å². The molecule has 0 aliphatic carbocycles. The van der Waals surface area contributed by atoms with Crippen molar-refractivity contribution < 1.29 is 17.5 Å². The fourth-order valence-corrected chi connectivity index (χ4v) is 3.03. The number of para-hydroxylation sites is 1. The summed E-state index contributed by atoms with van der Waals surface area (Å²) in [5, 5.41) is -0.241. The van der Waals surface area contributed by atoms with Gasteiger partial charge >= 0.3 is 0 Å². The Morgan fingerprint density at radius 2 is 1.95 bits per heavy atom. The SMILES string of the molecule is COc1ccccc1CNS(=O)(=O)c1ccc(F)c(Cl)c1. The molecule has 0 amide bonds. The number of halogens is 2. The van der Waals surface area contributed by atoms with Crippen LogP contribution in [0.25, 0.3) is 0 Å². The zero-order valence-corrected chi connectivity index (χ0v) is 12.7. The molecule has 0 atom stereocenters. The van der Waals surface area contributed by atoms with Crippen LogP contribution in [0, 0.1) is 5.82 Å². The van der Waals surface area contributed by atoms with Gasteiger partial charge in [0, 0.05) is 12.1 Å². The van der Waals surface area contributed by atoms with E-state index in [0.29, 0.717) is 11.3 Å². The zero-order chi connectivity index (χ0) is 15.5. The molecule has 2 aromatic carbocycles. The molecule has 1 N–H and O–H groups in total. The molecule has 0 unspecified atom stereocenters. The summed E-state index contributed by atoms with van der Waals surface area (Å²) in [5.41, 5.74) is 0.691. The first kappa shape index (κ1) is 15.8. The third-order valence-corrected chi connectivity index (χ3v) is 4.54. The predicted molar refractivity (Wildman–Crippen MR) is 78.4 cm³/mol. The molecule has 7 heteroatoms. The van der Waals surface area contributed by atoms with Crippen molar-refractivity contribution in [3.63, 3.8) is 0 Å². The third-order valence-electron chi connectivity index (χ3n) is 2.85. The van der Waals surface area contributed by atoms with E-state index in [1.165, 1.54) is 7.11 Å². The molecule has 112 valence electrons. The maximum Gasteiger partial charge on any atom is 0.240 e. The lowest BCUT2D eigenvalue weighted by molar-refractivity contribution is 0.409. The van der Waals surface area contributed by atoms with Crippen LogP contribution in [-0.2, 0) is 16.6 Å². The van der Waals surface area contributed by atoms with Gasteiger partial charge in [-0.25, -0.2) is 17.5 Å². The predicted octanol–water partition coefficient (Wildman–Crippen LogP) is 2.97. The van der Waals surface area contributed by atoms with Gasteiger partial charge in [0.15, 0.2) is 0 Å². The molecule has 0 spiro atoms. The van der Waals surface area contributed by atoms with Crippen LogP contribution in [0.3, 0.4) is 0 Å². The van der Waals surface area contributed by atoms with Crippen LogP contribution in [0.15, 0.2) is 47.4 Å². The minimum atomic E-state index is -3.78. The lowest BCUT2D eigenvalue weighted by Gasteiger charge is -2.10. The summed E-state index contributed by atoms with van der Waals surface area (Å²) in [7, 11) is -2.27. The summed E-state index contributed by atoms with van der Waals surface area (Å²) >= 11 is 5.60. The Labute approximate surface area is 127 Å². The number of benzene rings is 2. The molecular weight excluding hydrogens is 317 g/mol. The summed E-state index contributed by atoms with van der Waals surface area (Å²) in [5.74, 6) is -0.0855. The molecular formula is C14H13ClFNO3S. The largest absolute Gasteiger partial charge is 0.496 e. The topological polar surface area (TPSA) is 55.4 Å². The van der Waals surface area contributed by atoms with Crippen molar-refractivity contribution in [1.82, 2.24) is 4.72 Å². The van der Waals surface area contributed by atoms with Crippen molar-refractivity contribution in [2.75, 3.05) is 7.11 Å². The summed E-state index contributed by atoms with van der Waals surface area (Å²) in [6.07, 6.45) is 0. The first-order chi connectivity index (χ1) is 9.94. The maximum atomic E-state index is 13.1. The summed E-state index contributed by atoms with van der Waals surface area (Å²) < 4.78 is 44.9. The Morgan fingerprint density at radius 1 is 1.24 bits per heavy atom. The van der Waals surface area contributed by atoms with Gasteiger partial charge in [-0.05, 0) is 24.3 Å². The van der Waals surface area contributed by atoms with Gasteiger partial charge in [0.25, 0.3) is 0 Å². The molecule has 0 aliphatic rings. The Balaban J connectivity index is 2.20. The van der Waals surface area contributed by atoms with Gasteiger partial charge in [-0.2, -0.15) is 0 Å². The van der Waals surface area contributed by atoms with Crippen LogP contribution in [0.4, 0.5) is 4.39 Å². The average molecular weight is 330 g/mol. The lowest BCUT2D eigenvalue weighted by Crippen LogP contribution is -2.23. The van der Waals surface area contributed by atoms with Gasteiger partial charge in [0.05, 0.1) is 17.0 Å². The second kappa shape index (κ2) is 6.43. The first-order valence-electron chi connectivity index (χ1n) is 6.00.